The van der Waals surface area contributed by atoms with Gasteiger partial charge >= 0.3 is 0 Å². The summed E-state index contributed by atoms with van der Waals surface area (Å²) in [6, 6.07) is -1.80. The maximum Gasteiger partial charge on any atom is 0.244 e. The van der Waals surface area contributed by atoms with Gasteiger partial charge in [-0.15, -0.1) is 0 Å². The molecule has 4 N–H and O–H groups in total. The van der Waals surface area contributed by atoms with Gasteiger partial charge in [0.25, 0.3) is 0 Å². The second-order valence-corrected chi connectivity index (χ2v) is 11.4. The van der Waals surface area contributed by atoms with E-state index in [1.807, 2.05) is 0 Å². The molecule has 1 aliphatic carbocycles. The number of piperazine rings is 1. The summed E-state index contributed by atoms with van der Waals surface area (Å²) < 4.78 is 25.5. The summed E-state index contributed by atoms with van der Waals surface area (Å²) >= 11 is 0. The number of sulfonamides is 1. The van der Waals surface area contributed by atoms with E-state index in [4.69, 9.17) is 5.73 Å². The van der Waals surface area contributed by atoms with Crippen LogP contribution in [0.5, 0.6) is 0 Å². The number of carbonyl (C=O) groups is 3. The molecule has 0 radical (unpaired) electrons. The molecule has 2 atom stereocenters. The van der Waals surface area contributed by atoms with Gasteiger partial charge in [-0.1, -0.05) is 32.1 Å². The number of carbonyl (C=O) groups excluding carboxylic acids is 3. The number of piperidine rings is 1. The number of hydrogen-bond acceptors (Lipinski definition) is 6. The number of primary amides is 1. The van der Waals surface area contributed by atoms with Gasteiger partial charge in [-0.3, -0.25) is 14.4 Å². The van der Waals surface area contributed by atoms with Crippen molar-refractivity contribution in [2.75, 3.05) is 39.0 Å². The van der Waals surface area contributed by atoms with Crippen LogP contribution in [0.4, 0.5) is 0 Å². The zero-order chi connectivity index (χ0) is 23.3. The van der Waals surface area contributed by atoms with E-state index in [-0.39, 0.29) is 31.5 Å². The van der Waals surface area contributed by atoms with E-state index in [1.54, 1.807) is 0 Å². The average Bonchev–Trinajstić information content (AvgIpc) is 2.78. The molecule has 32 heavy (non-hydrogen) atoms. The highest BCUT2D eigenvalue weighted by Gasteiger charge is 2.41. The summed E-state index contributed by atoms with van der Waals surface area (Å²) in [7, 11) is -3.52. The predicted molar refractivity (Wildman–Crippen MR) is 120 cm³/mol. The molecule has 3 fully saturated rings. The van der Waals surface area contributed by atoms with Crippen molar-refractivity contribution < 1.29 is 22.8 Å². The highest BCUT2D eigenvalue weighted by molar-refractivity contribution is 7.88. The van der Waals surface area contributed by atoms with E-state index >= 15 is 0 Å². The Hall–Kier alpha value is -1.72. The fraction of sp³-hybridized carbons (Fsp3) is 0.857. The van der Waals surface area contributed by atoms with Crippen molar-refractivity contribution >= 4 is 27.7 Å². The first-order valence-corrected chi connectivity index (χ1v) is 13.6. The van der Waals surface area contributed by atoms with E-state index in [1.165, 1.54) is 15.6 Å². The van der Waals surface area contributed by atoms with Crippen molar-refractivity contribution in [1.82, 2.24) is 19.8 Å². The minimum Gasteiger partial charge on any atom is -0.368 e. The summed E-state index contributed by atoms with van der Waals surface area (Å²) in [5, 5.41) is 5.97. The Morgan fingerprint density at radius 3 is 2.31 bits per heavy atom. The third-order valence-electron chi connectivity index (χ3n) is 7.04. The van der Waals surface area contributed by atoms with Crippen LogP contribution in [0.1, 0.15) is 51.4 Å². The summed E-state index contributed by atoms with van der Waals surface area (Å²) in [4.78, 5) is 40.1. The van der Waals surface area contributed by atoms with Gasteiger partial charge in [-0.05, 0) is 38.3 Å². The maximum atomic E-state index is 13.3. The van der Waals surface area contributed by atoms with Crippen molar-refractivity contribution in [2.24, 2.45) is 17.6 Å². The second kappa shape index (κ2) is 10.9. The van der Waals surface area contributed by atoms with Gasteiger partial charge in [-0.25, -0.2) is 8.42 Å². The lowest BCUT2D eigenvalue weighted by molar-refractivity contribution is -0.147. The molecule has 11 heteroatoms. The molecule has 0 spiro atoms. The van der Waals surface area contributed by atoms with Gasteiger partial charge in [-0.2, -0.15) is 4.31 Å². The lowest BCUT2D eigenvalue weighted by atomic mass is 9.84. The average molecular weight is 472 g/mol. The van der Waals surface area contributed by atoms with Crippen LogP contribution in [0.15, 0.2) is 0 Å². The smallest absolute Gasteiger partial charge is 0.244 e. The fourth-order valence-corrected chi connectivity index (χ4v) is 5.95. The van der Waals surface area contributed by atoms with Gasteiger partial charge in [0.15, 0.2) is 0 Å². The molecular formula is C21H37N5O5S. The quantitative estimate of drug-likeness (QED) is 0.453. The zero-order valence-electron chi connectivity index (χ0n) is 18.9. The first kappa shape index (κ1) is 24.9. The van der Waals surface area contributed by atoms with Gasteiger partial charge in [0.1, 0.15) is 12.1 Å². The Kier molecular flexibility index (Phi) is 8.51. The first-order valence-electron chi connectivity index (χ1n) is 11.7. The number of amides is 3. The minimum atomic E-state index is -3.52. The fourth-order valence-electron chi connectivity index (χ4n) is 5.12. The molecule has 3 amide bonds. The van der Waals surface area contributed by atoms with Crippen LogP contribution in [0.25, 0.3) is 0 Å². The van der Waals surface area contributed by atoms with E-state index in [9.17, 15) is 22.8 Å². The molecule has 182 valence electrons. The molecule has 0 aromatic carbocycles. The van der Waals surface area contributed by atoms with Gasteiger partial charge in [0, 0.05) is 25.6 Å². The van der Waals surface area contributed by atoms with Gasteiger partial charge < -0.3 is 21.3 Å². The molecule has 0 aromatic heterocycles. The van der Waals surface area contributed by atoms with Crippen LogP contribution >= 0.6 is 0 Å². The Bertz CT molecular complexity index is 792. The summed E-state index contributed by atoms with van der Waals surface area (Å²) in [6.07, 6.45) is 8.35. The van der Waals surface area contributed by atoms with Crippen LogP contribution in [-0.4, -0.2) is 86.4 Å². The molecule has 10 nitrogen and oxygen atoms in total. The van der Waals surface area contributed by atoms with Crippen LogP contribution in [0.2, 0.25) is 0 Å². The Morgan fingerprint density at radius 1 is 1.06 bits per heavy atom. The van der Waals surface area contributed by atoms with E-state index in [2.05, 4.69) is 10.6 Å². The number of nitrogens with two attached hydrogens (primary N) is 1. The first-order chi connectivity index (χ1) is 15.2. The third kappa shape index (κ3) is 6.41. The molecule has 2 heterocycles. The molecule has 3 rings (SSSR count). The zero-order valence-corrected chi connectivity index (χ0v) is 19.7. The normalized spacial score (nSPS) is 25.3. The molecule has 2 aliphatic heterocycles. The lowest BCUT2D eigenvalue weighted by Gasteiger charge is -2.41. The predicted octanol–water partition coefficient (Wildman–Crippen LogP) is -0.601. The molecule has 1 saturated carbocycles. The summed E-state index contributed by atoms with van der Waals surface area (Å²) in [5.74, 6) is -1.10. The molecule has 2 saturated heterocycles. The van der Waals surface area contributed by atoms with Crippen molar-refractivity contribution in [3.8, 4) is 0 Å². The molecule has 0 unspecified atom stereocenters. The van der Waals surface area contributed by atoms with Crippen LogP contribution in [0, 0.1) is 11.8 Å². The number of hydrogen-bond donors (Lipinski definition) is 3. The molecule has 0 aromatic rings. The molecule has 3 aliphatic rings. The maximum absolute atomic E-state index is 13.3. The van der Waals surface area contributed by atoms with Crippen LogP contribution in [-0.2, 0) is 24.4 Å². The molecular weight excluding hydrogens is 434 g/mol. The van der Waals surface area contributed by atoms with Crippen molar-refractivity contribution in [2.45, 2.75) is 63.5 Å². The topological polar surface area (TPSA) is 142 Å². The van der Waals surface area contributed by atoms with Gasteiger partial charge in [0.05, 0.1) is 6.26 Å². The highest BCUT2D eigenvalue weighted by atomic mass is 32.2. The Labute approximate surface area is 190 Å². The van der Waals surface area contributed by atoms with Crippen molar-refractivity contribution in [3.05, 3.63) is 0 Å². The Balaban J connectivity index is 1.74. The third-order valence-corrected chi connectivity index (χ3v) is 8.31. The van der Waals surface area contributed by atoms with Crippen LogP contribution < -0.4 is 16.4 Å². The lowest BCUT2D eigenvalue weighted by Crippen LogP contribution is -2.64. The van der Waals surface area contributed by atoms with E-state index in [0.29, 0.717) is 25.2 Å². The standard InChI is InChI=1S/C21H37N5O5S/c1-32(30,31)25-11-12-26(21(29)16-7-9-23-10-8-16)18(14-25)20(28)24-17(19(22)27)13-15-5-3-2-4-6-15/h15-18,23H,2-14H2,1H3,(H2,22,27)(H,24,28)/t17-,18+/m0/s1. The SMILES string of the molecule is CS(=O)(=O)N1CCN(C(=O)C2CCNCC2)[C@@H](C(=O)N[C@@H](CC2CCCCC2)C(N)=O)C1. The summed E-state index contributed by atoms with van der Waals surface area (Å²) in [6.45, 7) is 1.66. The Morgan fingerprint density at radius 2 is 1.72 bits per heavy atom. The van der Waals surface area contributed by atoms with Crippen LogP contribution in [0.3, 0.4) is 0 Å². The van der Waals surface area contributed by atoms with E-state index < -0.39 is 33.9 Å². The van der Waals surface area contributed by atoms with Gasteiger partial charge in [0.2, 0.25) is 27.7 Å². The van der Waals surface area contributed by atoms with Crippen molar-refractivity contribution in [1.29, 1.82) is 0 Å². The summed E-state index contributed by atoms with van der Waals surface area (Å²) in [5.41, 5.74) is 5.59. The number of nitrogens with one attached hydrogen (secondary N) is 2. The highest BCUT2D eigenvalue weighted by Crippen LogP contribution is 2.27. The van der Waals surface area contributed by atoms with E-state index in [0.717, 1.165) is 45.0 Å². The molecule has 0 bridgehead atoms. The van der Waals surface area contributed by atoms with Crippen molar-refractivity contribution in [3.63, 3.8) is 0 Å². The minimum absolute atomic E-state index is 0.115. The second-order valence-electron chi connectivity index (χ2n) is 9.40. The monoisotopic (exact) mass is 471 g/mol. The largest absolute Gasteiger partial charge is 0.368 e. The number of rotatable bonds is 7. The number of nitrogens with zero attached hydrogens (tertiary/aromatic N) is 2.